The van der Waals surface area contributed by atoms with Crippen molar-refractivity contribution in [2.75, 3.05) is 19.6 Å². The van der Waals surface area contributed by atoms with Crippen LogP contribution in [0.25, 0.3) is 0 Å². The number of hydroxylamine groups is 1. The van der Waals surface area contributed by atoms with Crippen LogP contribution in [0.15, 0.2) is 11.5 Å². The molecule has 7 N–H and O–H groups in total. The molecule has 2 aliphatic heterocycles. The third-order valence-corrected chi connectivity index (χ3v) is 4.88. The van der Waals surface area contributed by atoms with E-state index in [1.54, 1.807) is 4.90 Å². The minimum Gasteiger partial charge on any atom is -0.505 e. The summed E-state index contributed by atoms with van der Waals surface area (Å²) in [6, 6.07) is -1.66. The molecule has 1 saturated heterocycles. The Labute approximate surface area is 166 Å². The van der Waals surface area contributed by atoms with Crippen LogP contribution in [0.5, 0.6) is 0 Å². The normalized spacial score (nSPS) is 24.4. The van der Waals surface area contributed by atoms with Crippen molar-refractivity contribution in [1.29, 1.82) is 0 Å². The fraction of sp³-hybridized carbons (Fsp3) is 0.706. The third-order valence-electron chi connectivity index (χ3n) is 4.88. The highest BCUT2D eigenvalue weighted by atomic mass is 16.7. The van der Waals surface area contributed by atoms with Crippen LogP contribution in [0.3, 0.4) is 0 Å². The number of carboxylic acids is 2. The summed E-state index contributed by atoms with van der Waals surface area (Å²) in [5, 5.41) is 38.3. The van der Waals surface area contributed by atoms with Crippen LogP contribution in [0.2, 0.25) is 0 Å². The largest absolute Gasteiger partial charge is 0.505 e. The van der Waals surface area contributed by atoms with Gasteiger partial charge < -0.3 is 35.7 Å². The first kappa shape index (κ1) is 22.9. The Morgan fingerprint density at radius 3 is 2.72 bits per heavy atom. The summed E-state index contributed by atoms with van der Waals surface area (Å²) < 4.78 is 4.96. The number of carbonyl (C=O) groups is 3. The number of β-amino-alcohol motifs (C(OH)–C–C–N with tert-alkyl or cyclic N) is 1. The summed E-state index contributed by atoms with van der Waals surface area (Å²) in [6.45, 7) is 0.664. The minimum absolute atomic E-state index is 0.0798. The number of rotatable bonds is 12. The molecule has 2 rings (SSSR count). The second-order valence-electron chi connectivity index (χ2n) is 7.04. The van der Waals surface area contributed by atoms with Crippen molar-refractivity contribution in [2.24, 2.45) is 5.73 Å². The second-order valence-corrected chi connectivity index (χ2v) is 7.04. The lowest BCUT2D eigenvalue weighted by molar-refractivity contribution is -0.150. The van der Waals surface area contributed by atoms with Crippen molar-refractivity contribution < 1.29 is 44.4 Å². The monoisotopic (exact) mass is 417 g/mol. The third kappa shape index (κ3) is 6.03. The highest BCUT2D eigenvalue weighted by molar-refractivity contribution is 5.89. The van der Waals surface area contributed by atoms with E-state index >= 15 is 0 Å². The van der Waals surface area contributed by atoms with E-state index in [-0.39, 0.29) is 19.5 Å². The Morgan fingerprint density at radius 1 is 1.34 bits per heavy atom. The number of nitrogens with two attached hydrogens (primary N) is 1. The van der Waals surface area contributed by atoms with Crippen molar-refractivity contribution in [2.45, 2.75) is 56.4 Å². The van der Waals surface area contributed by atoms with Gasteiger partial charge in [0.25, 0.3) is 5.76 Å². The quantitative estimate of drug-likeness (QED) is 0.125. The van der Waals surface area contributed by atoms with Gasteiger partial charge in [0.15, 0.2) is 11.9 Å². The molecule has 0 aromatic heterocycles. The van der Waals surface area contributed by atoms with Crippen molar-refractivity contribution in [1.82, 2.24) is 10.4 Å². The van der Waals surface area contributed by atoms with Gasteiger partial charge in [0.2, 0.25) is 0 Å². The molecular weight excluding hydrogens is 390 g/mol. The lowest BCUT2D eigenvalue weighted by Gasteiger charge is -2.26. The van der Waals surface area contributed by atoms with Crippen LogP contribution >= 0.6 is 0 Å². The Kier molecular flexibility index (Phi) is 8.20. The zero-order valence-corrected chi connectivity index (χ0v) is 15.8. The van der Waals surface area contributed by atoms with Crippen LogP contribution in [-0.2, 0) is 24.0 Å². The van der Waals surface area contributed by atoms with Gasteiger partial charge in [-0.2, -0.15) is 5.48 Å². The molecule has 0 radical (unpaired) electrons. The number of nitrogens with one attached hydrogen (secondary N) is 1. The van der Waals surface area contributed by atoms with Gasteiger partial charge in [0.1, 0.15) is 18.2 Å². The number of ether oxygens (including phenoxy) is 1. The summed E-state index contributed by atoms with van der Waals surface area (Å²) in [5.41, 5.74) is 7.85. The van der Waals surface area contributed by atoms with Crippen LogP contribution < -0.4 is 11.2 Å². The number of aliphatic hydroxyl groups excluding tert-OH is 2. The van der Waals surface area contributed by atoms with Gasteiger partial charge in [-0.3, -0.25) is 14.5 Å². The Bertz CT molecular complexity index is 654. The molecule has 1 fully saturated rings. The number of likely N-dealkylation sites (tertiary alicyclic amines) is 1. The smallest absolute Gasteiger partial charge is 0.380 e. The van der Waals surface area contributed by atoms with Crippen molar-refractivity contribution in [3.8, 4) is 0 Å². The molecule has 4 atom stereocenters. The molecule has 0 saturated carbocycles. The number of carboxylic acid groups (broad SMARTS) is 2. The number of esters is 1. The highest BCUT2D eigenvalue weighted by Crippen LogP contribution is 2.26. The molecule has 164 valence electrons. The molecule has 0 amide bonds. The number of hydrogen-bond acceptors (Lipinski definition) is 10. The van der Waals surface area contributed by atoms with Crippen LogP contribution in [0.1, 0.15) is 32.1 Å². The van der Waals surface area contributed by atoms with E-state index in [0.29, 0.717) is 32.2 Å². The average molecular weight is 417 g/mol. The maximum atomic E-state index is 11.9. The summed E-state index contributed by atoms with van der Waals surface area (Å²) in [7, 11) is 0. The molecule has 0 bridgehead atoms. The van der Waals surface area contributed by atoms with Crippen molar-refractivity contribution in [3.05, 3.63) is 11.5 Å². The molecule has 0 aromatic rings. The van der Waals surface area contributed by atoms with Gasteiger partial charge in [0.05, 0.1) is 0 Å². The molecule has 0 spiro atoms. The number of aliphatic hydroxyl groups is 2. The van der Waals surface area contributed by atoms with Gasteiger partial charge in [-0.1, -0.05) is 0 Å². The standard InChI is InChI=1S/C17H27N3O9/c18-9(15(23)24)4-1-2-6-19-29-14-12(22)13(28-17(14)27)11(21)8-20-7-3-5-10(20)16(25)26/h9-11,13,19,21-22H,1-8,18H2,(H,23,24)(H,25,26)/t9?,10-,11+,13-/m1/s1. The van der Waals surface area contributed by atoms with Crippen LogP contribution in [0.4, 0.5) is 0 Å². The van der Waals surface area contributed by atoms with E-state index in [2.05, 4.69) is 5.48 Å². The van der Waals surface area contributed by atoms with Gasteiger partial charge in [0, 0.05) is 13.1 Å². The highest BCUT2D eigenvalue weighted by Gasteiger charge is 2.43. The predicted octanol–water partition coefficient (Wildman–Crippen LogP) is -1.31. The number of carbonyl (C=O) groups excluding carboxylic acids is 1. The SMILES string of the molecule is NC(CCCCNOC1=C(O)[C@@H]([C@@H](O)CN2CCC[C@@H]2C(=O)O)OC1=O)C(=O)O. The lowest BCUT2D eigenvalue weighted by Crippen LogP contribution is -2.44. The van der Waals surface area contributed by atoms with Gasteiger partial charge in [-0.25, -0.2) is 4.79 Å². The summed E-state index contributed by atoms with van der Waals surface area (Å²) >= 11 is 0. The Hall–Kier alpha value is -2.41. The molecule has 2 heterocycles. The summed E-state index contributed by atoms with van der Waals surface area (Å²) in [5.74, 6) is -4.08. The van der Waals surface area contributed by atoms with Gasteiger partial charge >= 0.3 is 17.9 Å². The van der Waals surface area contributed by atoms with E-state index in [9.17, 15) is 29.7 Å². The average Bonchev–Trinajstić information content (AvgIpc) is 3.23. The molecule has 1 unspecified atom stereocenters. The number of unbranched alkanes of at least 4 members (excludes halogenated alkanes) is 1. The lowest BCUT2D eigenvalue weighted by atomic mass is 10.1. The summed E-state index contributed by atoms with van der Waals surface area (Å²) in [6.07, 6.45) is -0.214. The first-order valence-electron chi connectivity index (χ1n) is 9.39. The topological polar surface area (TPSA) is 192 Å². The van der Waals surface area contributed by atoms with E-state index in [1.807, 2.05) is 0 Å². The first-order chi connectivity index (χ1) is 13.7. The number of cyclic esters (lactones) is 1. The molecule has 12 heteroatoms. The second kappa shape index (κ2) is 10.4. The molecular formula is C17H27N3O9. The van der Waals surface area contributed by atoms with Crippen LogP contribution in [0, 0.1) is 0 Å². The fourth-order valence-corrected chi connectivity index (χ4v) is 3.28. The van der Waals surface area contributed by atoms with Gasteiger partial charge in [-0.05, 0) is 38.6 Å². The maximum Gasteiger partial charge on any atom is 0.380 e. The van der Waals surface area contributed by atoms with E-state index in [4.69, 9.17) is 20.4 Å². The summed E-state index contributed by atoms with van der Waals surface area (Å²) in [4.78, 5) is 40.3. The number of aliphatic carboxylic acids is 2. The molecule has 29 heavy (non-hydrogen) atoms. The van der Waals surface area contributed by atoms with Crippen molar-refractivity contribution in [3.63, 3.8) is 0 Å². The van der Waals surface area contributed by atoms with E-state index in [1.165, 1.54) is 0 Å². The molecule has 12 nitrogen and oxygen atoms in total. The van der Waals surface area contributed by atoms with Crippen LogP contribution in [-0.4, -0.2) is 87.2 Å². The van der Waals surface area contributed by atoms with Crippen molar-refractivity contribution >= 4 is 17.9 Å². The number of hydrogen-bond donors (Lipinski definition) is 6. The molecule has 0 aliphatic carbocycles. The minimum atomic E-state index is -1.34. The first-order valence-corrected chi connectivity index (χ1v) is 9.39. The van der Waals surface area contributed by atoms with E-state index < -0.39 is 53.7 Å². The predicted molar refractivity (Wildman–Crippen MR) is 96.3 cm³/mol. The van der Waals surface area contributed by atoms with Gasteiger partial charge in [-0.15, -0.1) is 0 Å². The fourth-order valence-electron chi connectivity index (χ4n) is 3.28. The molecule has 2 aliphatic rings. The number of nitrogens with zero attached hydrogens (tertiary/aromatic N) is 1. The zero-order chi connectivity index (χ0) is 21.6. The maximum absolute atomic E-state index is 11.9. The molecule has 0 aromatic carbocycles. The van der Waals surface area contributed by atoms with E-state index in [0.717, 1.165) is 0 Å². The zero-order valence-electron chi connectivity index (χ0n) is 15.8. The Balaban J connectivity index is 1.79. The Morgan fingerprint density at radius 2 is 2.07 bits per heavy atom.